The third-order valence-corrected chi connectivity index (χ3v) is 28.0. The standard InChI is InChI=1S/C69H48N2.C60H40N2/c1-69(2)65-24-14-13-23-60(65)61-38-30-50(44-66(61)69)49-32-40-68-64(43-49)63-42-48(31-39-67(63)71(68)52-17-7-4-8-18-52)46-27-35-54(36-28-46)70(51-15-5-3-6-16-51)53-33-25-45(26-34-53)47-29-37-59-57-21-10-9-19-55(57)56-20-11-12-22-58(56)62(59)41-47;1-3-13-41(14-4-1)42-23-31-48(32-24-42)61(49-33-25-43(26-34-49)45-29-37-55-53-19-8-7-17-51(53)52-18-9-10-20-54(52)57(55)39-45)50-35-27-44(28-36-50)46-30-38-60-58(40-46)56-21-11-12-22-59(56)62(60)47-15-5-2-6-16-47/h3-44H,1-2H3;1-40H. The second-order valence-corrected chi connectivity index (χ2v) is 35.8. The number of rotatable bonds is 14. The minimum Gasteiger partial charge on any atom is -0.311 e. The van der Waals surface area contributed by atoms with Gasteiger partial charge in [0.25, 0.3) is 0 Å². The number of nitrogens with zero attached hydrogens (tertiary/aromatic N) is 4. The predicted molar refractivity (Wildman–Crippen MR) is 566 cm³/mol. The Labute approximate surface area is 773 Å². The number of aromatic nitrogens is 2. The van der Waals surface area contributed by atoms with Gasteiger partial charge in [0.1, 0.15) is 0 Å². The summed E-state index contributed by atoms with van der Waals surface area (Å²) in [6.45, 7) is 4.72. The molecule has 0 unspecified atom stereocenters. The molecule has 0 N–H and O–H groups in total. The summed E-state index contributed by atoms with van der Waals surface area (Å²) in [6, 6.07) is 182. The zero-order valence-electron chi connectivity index (χ0n) is 73.6. The lowest BCUT2D eigenvalue weighted by molar-refractivity contribution is 0.660. The van der Waals surface area contributed by atoms with E-state index in [2.05, 4.69) is 530 Å². The topological polar surface area (TPSA) is 16.3 Å². The van der Waals surface area contributed by atoms with Crippen LogP contribution in [0.2, 0.25) is 0 Å². The average molecular weight is 1690 g/mol. The molecule has 23 aromatic carbocycles. The Morgan fingerprint density at radius 3 is 0.774 bits per heavy atom. The van der Waals surface area contributed by atoms with E-state index < -0.39 is 0 Å². The first-order valence-electron chi connectivity index (χ1n) is 46.1. The van der Waals surface area contributed by atoms with Crippen LogP contribution in [-0.4, -0.2) is 9.13 Å². The van der Waals surface area contributed by atoms with Gasteiger partial charge >= 0.3 is 0 Å². The predicted octanol–water partition coefficient (Wildman–Crippen LogP) is 35.7. The van der Waals surface area contributed by atoms with Gasteiger partial charge in [0.05, 0.1) is 22.1 Å². The SMILES string of the molecule is CC1(C)c2ccccc2-c2ccc(-c3ccc4c(c3)c3cc(-c5ccc(N(c6ccccc6)c6ccc(-c7ccc8c9ccccc9c9ccccc9c8c7)cc6)cc5)ccc3n4-c3ccccc3)cc21.c1ccc(-c2ccc(N(c3ccc(-c4ccc5c6ccccc6c6ccccc6c5c4)cc3)c3ccc(-c4ccc5c(c4)c4ccccc4n5-c4ccccc4)cc3)cc2)cc1. The van der Waals surface area contributed by atoms with Gasteiger partial charge < -0.3 is 18.9 Å². The largest absolute Gasteiger partial charge is 0.311 e. The molecule has 26 rings (SSSR count). The maximum atomic E-state index is 2.43. The van der Waals surface area contributed by atoms with Crippen LogP contribution in [0.5, 0.6) is 0 Å². The van der Waals surface area contributed by atoms with Crippen LogP contribution in [0.25, 0.3) is 198 Å². The summed E-state index contributed by atoms with van der Waals surface area (Å²) in [7, 11) is 0. The Morgan fingerprint density at radius 2 is 0.383 bits per heavy atom. The first-order chi connectivity index (χ1) is 65.7. The Balaban J connectivity index is 0.000000144. The summed E-state index contributed by atoms with van der Waals surface area (Å²) in [5, 5.41) is 20.4. The van der Waals surface area contributed by atoms with Crippen molar-refractivity contribution in [3.05, 3.63) is 509 Å². The molecule has 0 radical (unpaired) electrons. The number of benzene rings is 23. The van der Waals surface area contributed by atoms with Crippen molar-refractivity contribution in [1.82, 2.24) is 9.13 Å². The second-order valence-electron chi connectivity index (χ2n) is 35.8. The van der Waals surface area contributed by atoms with Crippen molar-refractivity contribution in [2.75, 3.05) is 9.80 Å². The van der Waals surface area contributed by atoms with E-state index in [1.807, 2.05) is 0 Å². The van der Waals surface area contributed by atoms with Gasteiger partial charge in [0.15, 0.2) is 0 Å². The Morgan fingerprint density at radius 1 is 0.150 bits per heavy atom. The van der Waals surface area contributed by atoms with Crippen LogP contribution < -0.4 is 9.80 Å². The third-order valence-electron chi connectivity index (χ3n) is 28.0. The van der Waals surface area contributed by atoms with Gasteiger partial charge in [-0.05, 0) is 311 Å². The Hall–Kier alpha value is -17.2. The number of fused-ring (bicyclic) bond motifs is 21. The van der Waals surface area contributed by atoms with Gasteiger partial charge in [-0.3, -0.25) is 0 Å². The Bertz CT molecular complexity index is 8770. The number of anilines is 6. The van der Waals surface area contributed by atoms with Gasteiger partial charge in [-0.25, -0.2) is 0 Å². The van der Waals surface area contributed by atoms with Crippen LogP contribution in [0.1, 0.15) is 25.0 Å². The molecule has 4 nitrogen and oxygen atoms in total. The van der Waals surface area contributed by atoms with Gasteiger partial charge in [-0.2, -0.15) is 0 Å². The lowest BCUT2D eigenvalue weighted by Crippen LogP contribution is -2.14. The normalized spacial score (nSPS) is 12.2. The van der Waals surface area contributed by atoms with E-state index in [4.69, 9.17) is 0 Å². The first kappa shape index (κ1) is 78.1. The summed E-state index contributed by atoms with van der Waals surface area (Å²) >= 11 is 0. The molecule has 624 valence electrons. The molecule has 1 aliphatic carbocycles. The number of hydrogen-bond donors (Lipinski definition) is 0. The fraction of sp³-hybridized carbons (Fsp3) is 0.0233. The summed E-state index contributed by atoms with van der Waals surface area (Å²) in [5.41, 5.74) is 33.6. The van der Waals surface area contributed by atoms with E-state index >= 15 is 0 Å². The van der Waals surface area contributed by atoms with Crippen molar-refractivity contribution in [2.24, 2.45) is 0 Å². The molecule has 0 saturated carbocycles. The smallest absolute Gasteiger partial charge is 0.0541 e. The highest BCUT2D eigenvalue weighted by molar-refractivity contribution is 6.27. The molecule has 0 atom stereocenters. The minimum absolute atomic E-state index is 0.0615. The molecule has 25 aromatic rings. The van der Waals surface area contributed by atoms with Crippen molar-refractivity contribution in [3.8, 4) is 89.3 Å². The molecular formula is C129H88N4. The Kier molecular flexibility index (Phi) is 18.9. The van der Waals surface area contributed by atoms with Crippen LogP contribution in [0.3, 0.4) is 0 Å². The molecule has 0 spiro atoms. The number of para-hydroxylation sites is 4. The fourth-order valence-electron chi connectivity index (χ4n) is 21.4. The molecule has 133 heavy (non-hydrogen) atoms. The van der Waals surface area contributed by atoms with E-state index in [-0.39, 0.29) is 5.41 Å². The second kappa shape index (κ2) is 32.2. The van der Waals surface area contributed by atoms with Crippen LogP contribution in [-0.2, 0) is 5.41 Å². The maximum Gasteiger partial charge on any atom is 0.0541 e. The third kappa shape index (κ3) is 13.5. The monoisotopic (exact) mass is 1690 g/mol. The quantitative estimate of drug-likeness (QED) is 0.101. The first-order valence-corrected chi connectivity index (χ1v) is 46.1. The minimum atomic E-state index is -0.0615. The van der Waals surface area contributed by atoms with E-state index in [1.165, 1.54) is 203 Å². The highest BCUT2D eigenvalue weighted by Gasteiger charge is 2.36. The lowest BCUT2D eigenvalue weighted by Gasteiger charge is -2.26. The molecule has 2 heterocycles. The van der Waals surface area contributed by atoms with Crippen molar-refractivity contribution in [1.29, 1.82) is 0 Å². The molecule has 0 aliphatic heterocycles. The van der Waals surface area contributed by atoms with Gasteiger partial charge in [0, 0.05) is 72.5 Å². The van der Waals surface area contributed by atoms with Crippen molar-refractivity contribution in [2.45, 2.75) is 19.3 Å². The average Bonchev–Trinajstić information content (AvgIpc) is 1.70. The zero-order valence-corrected chi connectivity index (χ0v) is 73.6. The van der Waals surface area contributed by atoms with Crippen molar-refractivity contribution >= 4 is 142 Å². The van der Waals surface area contributed by atoms with Crippen molar-refractivity contribution in [3.63, 3.8) is 0 Å². The highest BCUT2D eigenvalue weighted by atomic mass is 15.1. The maximum absolute atomic E-state index is 2.43. The zero-order chi connectivity index (χ0) is 88.2. The summed E-state index contributed by atoms with van der Waals surface area (Å²) in [4.78, 5) is 4.71. The molecule has 2 aromatic heterocycles. The van der Waals surface area contributed by atoms with Gasteiger partial charge in [-0.15, -0.1) is 0 Å². The fourth-order valence-corrected chi connectivity index (χ4v) is 21.4. The molecule has 0 bridgehead atoms. The van der Waals surface area contributed by atoms with E-state index in [1.54, 1.807) is 0 Å². The molecule has 0 saturated heterocycles. The van der Waals surface area contributed by atoms with Crippen LogP contribution in [0.4, 0.5) is 34.1 Å². The van der Waals surface area contributed by atoms with Gasteiger partial charge in [-0.1, -0.05) is 354 Å². The van der Waals surface area contributed by atoms with E-state index in [0.29, 0.717) is 0 Å². The lowest BCUT2D eigenvalue weighted by atomic mass is 9.81. The van der Waals surface area contributed by atoms with Crippen molar-refractivity contribution < 1.29 is 0 Å². The highest BCUT2D eigenvalue weighted by Crippen LogP contribution is 2.52. The molecule has 1 aliphatic rings. The van der Waals surface area contributed by atoms with Crippen LogP contribution in [0, 0.1) is 0 Å². The van der Waals surface area contributed by atoms with E-state index in [0.717, 1.165) is 39.8 Å². The van der Waals surface area contributed by atoms with Crippen LogP contribution >= 0.6 is 0 Å². The molecular weight excluding hydrogens is 1610 g/mol. The summed E-state index contributed by atoms with van der Waals surface area (Å²) in [5.74, 6) is 0. The molecule has 4 heteroatoms. The van der Waals surface area contributed by atoms with E-state index in [9.17, 15) is 0 Å². The summed E-state index contributed by atoms with van der Waals surface area (Å²) in [6.07, 6.45) is 0. The van der Waals surface area contributed by atoms with Crippen LogP contribution in [0.15, 0.2) is 497 Å². The summed E-state index contributed by atoms with van der Waals surface area (Å²) < 4.78 is 4.78. The molecule has 0 fully saturated rings. The van der Waals surface area contributed by atoms with Gasteiger partial charge in [0.2, 0.25) is 0 Å². The molecule has 0 amide bonds. The number of hydrogen-bond acceptors (Lipinski definition) is 2.